The molecule has 0 radical (unpaired) electrons. The minimum atomic E-state index is -0.469. The Bertz CT molecular complexity index is 2220. The van der Waals surface area contributed by atoms with Crippen LogP contribution in [-0.4, -0.2) is 16.6 Å². The Morgan fingerprint density at radius 1 is 0.450 bits per heavy atom. The third kappa shape index (κ3) is 10.9. The third-order valence-corrected chi connectivity index (χ3v) is 10.8. The van der Waals surface area contributed by atoms with Gasteiger partial charge in [-0.15, -0.1) is 10.2 Å². The van der Waals surface area contributed by atoms with Crippen molar-refractivity contribution in [2.75, 3.05) is 0 Å². The number of pyridine rings is 1. The normalized spacial score (nSPS) is 16.0. The molecule has 1 heterocycles. The Balaban J connectivity index is 1.97. The molecule has 2 aliphatic rings. The van der Waals surface area contributed by atoms with Crippen molar-refractivity contribution in [2.45, 2.75) is 109 Å². The zero-order valence-corrected chi connectivity index (χ0v) is 39.4. The summed E-state index contributed by atoms with van der Waals surface area (Å²) >= 11 is 12.5. The number of carbonyl (C=O) groups is 2. The number of hydrogen-bond donors (Lipinski definition) is 0. The van der Waals surface area contributed by atoms with Crippen LogP contribution < -0.4 is 0 Å². The van der Waals surface area contributed by atoms with E-state index >= 15 is 0 Å². The molecule has 0 atom stereocenters. The van der Waals surface area contributed by atoms with Crippen LogP contribution in [-0.2, 0) is 15.0 Å². The van der Waals surface area contributed by atoms with Gasteiger partial charge in [-0.1, -0.05) is 127 Å². The van der Waals surface area contributed by atoms with Crippen molar-refractivity contribution in [3.63, 3.8) is 0 Å². The van der Waals surface area contributed by atoms with Gasteiger partial charge < -0.3 is 0 Å². The topological polar surface area (TPSA) is 96.5 Å². The average molecular weight is 845 g/mol. The van der Waals surface area contributed by atoms with Gasteiger partial charge in [0.25, 0.3) is 0 Å². The Kier molecular flexibility index (Phi) is 13.0. The van der Waals surface area contributed by atoms with Crippen molar-refractivity contribution >= 4 is 57.5 Å². The summed E-state index contributed by atoms with van der Waals surface area (Å²) in [7, 11) is 0. The van der Waals surface area contributed by atoms with Crippen LogP contribution in [0.4, 0.5) is 11.4 Å². The predicted octanol–water partition coefficient (Wildman–Crippen LogP) is 15.7. The lowest BCUT2D eigenvalue weighted by Crippen LogP contribution is -2.28. The number of ketones is 2. The van der Waals surface area contributed by atoms with E-state index in [9.17, 15) is 9.59 Å². The highest BCUT2D eigenvalue weighted by molar-refractivity contribution is 6.30. The Morgan fingerprint density at radius 3 is 0.983 bits per heavy atom. The van der Waals surface area contributed by atoms with E-state index in [1.807, 2.05) is 120 Å². The number of allylic oxidation sites excluding steroid dienone is 10. The third-order valence-electron chi connectivity index (χ3n) is 10.3. The molecule has 2 aliphatic carbocycles. The zero-order valence-electron chi connectivity index (χ0n) is 37.9. The van der Waals surface area contributed by atoms with E-state index < -0.39 is 21.7 Å². The largest absolute Gasteiger partial charge is 0.289 e. The fraction of sp³-hybridized carbons (Fsp3) is 0.392. The molecule has 0 N–H and O–H groups in total. The van der Waals surface area contributed by atoms with Gasteiger partial charge in [0.2, 0.25) is 0 Å². The summed E-state index contributed by atoms with van der Waals surface area (Å²) in [6.07, 6.45) is 7.73. The lowest BCUT2D eigenvalue weighted by atomic mass is 9.71. The van der Waals surface area contributed by atoms with Gasteiger partial charge >= 0.3 is 0 Å². The Morgan fingerprint density at radius 2 is 0.733 bits per heavy atom. The first-order valence-corrected chi connectivity index (χ1v) is 21.1. The fourth-order valence-corrected chi connectivity index (χ4v) is 6.96. The number of Topliss-reactive ketones (excluding diaryl/α,β-unsaturated/α-hetero) is 2. The number of benzene rings is 2. The molecular formula is C51H59Cl2N5O2. The molecule has 0 fully saturated rings. The second-order valence-corrected chi connectivity index (χ2v) is 21.6. The van der Waals surface area contributed by atoms with Crippen molar-refractivity contribution in [2.24, 2.45) is 42.1 Å². The molecule has 0 spiro atoms. The fourth-order valence-electron chi connectivity index (χ4n) is 6.71. The summed E-state index contributed by atoms with van der Waals surface area (Å²) in [5.41, 5.74) is 6.02. The highest BCUT2D eigenvalue weighted by Gasteiger charge is 2.37. The van der Waals surface area contributed by atoms with Gasteiger partial charge in [-0.25, -0.2) is 4.98 Å². The van der Waals surface area contributed by atoms with Crippen molar-refractivity contribution in [3.8, 4) is 0 Å². The van der Waals surface area contributed by atoms with Crippen molar-refractivity contribution < 1.29 is 9.59 Å². The van der Waals surface area contributed by atoms with Crippen molar-refractivity contribution in [3.05, 3.63) is 145 Å². The standard InChI is InChI=1S/C51H59Cl2N5O2/c1-47(2,3)32-28-41(43(57-55-35-20-16-33(52)17-21-35)30-24-37(48(4,5)6)45(59)38(25-30)49(7,8)9)54-42(29-32)44(58-56-36-22-18-34(53)19-23-36)31-26-39(50(10,11)12)46(60)40(27-31)51(13,14)15/h16-29H,1-15H3/b57-55+,58-56+. The number of hydrogen-bond acceptors (Lipinski definition) is 7. The van der Waals surface area contributed by atoms with Gasteiger partial charge in [0.1, 0.15) is 11.4 Å². The molecule has 0 unspecified atom stereocenters. The molecule has 9 heteroatoms. The summed E-state index contributed by atoms with van der Waals surface area (Å²) in [6, 6.07) is 18.4. The molecule has 60 heavy (non-hydrogen) atoms. The molecule has 5 rings (SSSR count). The first-order chi connectivity index (χ1) is 27.5. The number of halogens is 2. The number of carbonyl (C=O) groups excluding carboxylic acids is 2. The maximum absolute atomic E-state index is 14.2. The Hall–Kier alpha value is -4.85. The number of azo groups is 2. The first-order valence-electron chi connectivity index (χ1n) is 20.4. The van der Waals surface area contributed by atoms with Gasteiger partial charge in [-0.3, -0.25) is 9.59 Å². The summed E-state index contributed by atoms with van der Waals surface area (Å²) in [6.45, 7) is 31.0. The second-order valence-electron chi connectivity index (χ2n) is 20.7. The van der Waals surface area contributed by atoms with Gasteiger partial charge in [-0.2, -0.15) is 10.2 Å². The molecule has 314 valence electrons. The maximum Gasteiger partial charge on any atom is 0.186 e. The van der Waals surface area contributed by atoms with Crippen LogP contribution in [0.2, 0.25) is 10.0 Å². The minimum absolute atomic E-state index is 0.00851. The van der Waals surface area contributed by atoms with Gasteiger partial charge in [0.15, 0.2) is 11.6 Å². The van der Waals surface area contributed by atoms with E-state index in [4.69, 9.17) is 48.6 Å². The molecule has 1 aromatic heterocycles. The average Bonchev–Trinajstić information content (AvgIpc) is 3.12. The highest BCUT2D eigenvalue weighted by atomic mass is 35.5. The molecule has 2 aromatic carbocycles. The molecule has 7 nitrogen and oxygen atoms in total. The zero-order chi connectivity index (χ0) is 44.7. The van der Waals surface area contributed by atoms with Crippen LogP contribution in [0.25, 0.3) is 11.4 Å². The number of aromatic nitrogens is 1. The minimum Gasteiger partial charge on any atom is -0.289 e. The van der Waals surface area contributed by atoms with Crippen LogP contribution in [0.3, 0.4) is 0 Å². The number of rotatable bonds is 6. The lowest BCUT2D eigenvalue weighted by Gasteiger charge is -2.32. The molecule has 3 aromatic rings. The quantitative estimate of drug-likeness (QED) is 0.231. The monoisotopic (exact) mass is 843 g/mol. The summed E-state index contributed by atoms with van der Waals surface area (Å²) in [4.78, 5) is 33.7. The van der Waals surface area contributed by atoms with Crippen LogP contribution >= 0.6 is 23.2 Å². The van der Waals surface area contributed by atoms with Gasteiger partial charge in [0.05, 0.1) is 22.8 Å². The smallest absolute Gasteiger partial charge is 0.186 e. The SMILES string of the molecule is CC(C)(C)C1=CC(=C(/N=N/c2ccc(Cl)cc2)c2cc(C(C)(C)C)cc(C(/N=N/c3ccc(Cl)cc3)=C3C=C(C(C)(C)C)C(=O)C(C(C)(C)C)=C3)n2)C=C(C(C)(C)C)C1=O. The predicted molar refractivity (Wildman–Crippen MR) is 249 cm³/mol. The summed E-state index contributed by atoms with van der Waals surface area (Å²) < 4.78 is 0. The summed E-state index contributed by atoms with van der Waals surface area (Å²) in [5.74, 6) is 0.0170. The van der Waals surface area contributed by atoms with E-state index in [1.165, 1.54) is 0 Å². The molecular weight excluding hydrogens is 785 g/mol. The highest BCUT2D eigenvalue weighted by Crippen LogP contribution is 2.44. The van der Waals surface area contributed by atoms with Crippen LogP contribution in [0, 0.1) is 21.7 Å². The molecule has 0 amide bonds. The van der Waals surface area contributed by atoms with Crippen molar-refractivity contribution in [1.29, 1.82) is 0 Å². The second kappa shape index (κ2) is 16.9. The van der Waals surface area contributed by atoms with E-state index in [2.05, 4.69) is 20.8 Å². The van der Waals surface area contributed by atoms with Crippen LogP contribution in [0.1, 0.15) is 121 Å². The van der Waals surface area contributed by atoms with Gasteiger partial charge in [-0.05, 0) is 118 Å². The van der Waals surface area contributed by atoms with E-state index in [1.54, 1.807) is 48.5 Å². The Labute approximate surface area is 367 Å². The van der Waals surface area contributed by atoms with E-state index in [0.717, 1.165) is 5.56 Å². The summed E-state index contributed by atoms with van der Waals surface area (Å²) in [5, 5.41) is 20.5. The van der Waals surface area contributed by atoms with Crippen LogP contribution in [0.15, 0.2) is 139 Å². The maximum atomic E-state index is 14.2. The first kappa shape index (κ1) is 46.2. The van der Waals surface area contributed by atoms with Crippen LogP contribution in [0.5, 0.6) is 0 Å². The molecule has 0 saturated heterocycles. The van der Waals surface area contributed by atoms with E-state index in [-0.39, 0.29) is 17.0 Å². The van der Waals surface area contributed by atoms with E-state index in [0.29, 0.717) is 77.6 Å². The molecule has 0 bridgehead atoms. The molecule has 0 aliphatic heterocycles. The van der Waals surface area contributed by atoms with Crippen molar-refractivity contribution in [1.82, 2.24) is 4.98 Å². The van der Waals surface area contributed by atoms with Gasteiger partial charge in [0, 0.05) is 43.5 Å². The lowest BCUT2D eigenvalue weighted by molar-refractivity contribution is -0.114. The molecule has 0 saturated carbocycles. The number of nitrogens with zero attached hydrogens (tertiary/aromatic N) is 5.